The Balaban J connectivity index is 1.57. The van der Waals surface area contributed by atoms with Gasteiger partial charge in [-0.3, -0.25) is 9.59 Å². The molecule has 0 aromatic heterocycles. The highest BCUT2D eigenvalue weighted by Crippen LogP contribution is 2.51. The molecular formula is C25H16Cl3NO2S. The number of carbonyl (C=O) groups excluding carboxylic acids is 2. The van der Waals surface area contributed by atoms with E-state index in [9.17, 15) is 9.59 Å². The van der Waals surface area contributed by atoms with Gasteiger partial charge >= 0.3 is 0 Å². The van der Waals surface area contributed by atoms with E-state index in [2.05, 4.69) is 4.90 Å². The van der Waals surface area contributed by atoms with E-state index >= 15 is 0 Å². The molecule has 1 atom stereocenters. The Hall–Kier alpha value is -2.24. The SMILES string of the molecule is O=C(C1=C2Sc3cc(Cl)ccc3N2CC(C(=O)c2ccc(Cl)cc2)C1)c1ccc(Cl)cc1. The van der Waals surface area contributed by atoms with Crippen molar-refractivity contribution in [1.82, 2.24) is 0 Å². The maximum absolute atomic E-state index is 13.5. The average Bonchev–Trinajstić information content (AvgIpc) is 3.16. The minimum atomic E-state index is -0.367. The molecule has 0 saturated heterocycles. The number of rotatable bonds is 4. The third-order valence-corrected chi connectivity index (χ3v) is 7.60. The lowest BCUT2D eigenvalue weighted by Gasteiger charge is -2.32. The Labute approximate surface area is 205 Å². The molecule has 3 aromatic carbocycles. The first-order valence-electron chi connectivity index (χ1n) is 9.99. The van der Waals surface area contributed by atoms with Gasteiger partial charge in [0.15, 0.2) is 11.6 Å². The van der Waals surface area contributed by atoms with Crippen LogP contribution in [0.5, 0.6) is 0 Å². The highest BCUT2D eigenvalue weighted by Gasteiger charge is 2.39. The number of anilines is 1. The van der Waals surface area contributed by atoms with E-state index in [-0.39, 0.29) is 17.5 Å². The predicted octanol–water partition coefficient (Wildman–Crippen LogP) is 7.56. The lowest BCUT2D eigenvalue weighted by Crippen LogP contribution is -2.37. The number of allylic oxidation sites excluding steroid dienone is 1. The topological polar surface area (TPSA) is 37.4 Å². The molecule has 5 rings (SSSR count). The van der Waals surface area contributed by atoms with Crippen molar-refractivity contribution in [3.05, 3.63) is 104 Å². The Morgan fingerprint density at radius 2 is 1.41 bits per heavy atom. The molecule has 0 fully saturated rings. The van der Waals surface area contributed by atoms with E-state index in [0.29, 0.717) is 44.7 Å². The average molecular weight is 501 g/mol. The number of hydrogen-bond acceptors (Lipinski definition) is 4. The number of thioether (sulfide) groups is 1. The molecule has 2 heterocycles. The van der Waals surface area contributed by atoms with Crippen molar-refractivity contribution in [2.45, 2.75) is 11.3 Å². The van der Waals surface area contributed by atoms with E-state index in [0.717, 1.165) is 15.6 Å². The van der Waals surface area contributed by atoms with Crippen LogP contribution < -0.4 is 4.90 Å². The number of benzene rings is 3. The van der Waals surface area contributed by atoms with Gasteiger partial charge in [0, 0.05) is 49.1 Å². The zero-order valence-electron chi connectivity index (χ0n) is 16.6. The first-order chi connectivity index (χ1) is 15.4. The molecule has 0 bridgehead atoms. The van der Waals surface area contributed by atoms with Crippen molar-refractivity contribution < 1.29 is 9.59 Å². The summed E-state index contributed by atoms with van der Waals surface area (Å²) >= 11 is 19.7. The highest BCUT2D eigenvalue weighted by atomic mass is 35.5. The smallest absolute Gasteiger partial charge is 0.191 e. The largest absolute Gasteiger partial charge is 0.334 e. The van der Waals surface area contributed by atoms with Gasteiger partial charge in [0.1, 0.15) is 0 Å². The van der Waals surface area contributed by atoms with Crippen LogP contribution in [0.15, 0.2) is 82.2 Å². The second-order valence-corrected chi connectivity index (χ2v) is 10.1. The second-order valence-electron chi connectivity index (χ2n) is 7.72. The van der Waals surface area contributed by atoms with Gasteiger partial charge in [0.05, 0.1) is 10.7 Å². The normalized spacial score (nSPS) is 17.2. The molecule has 32 heavy (non-hydrogen) atoms. The maximum Gasteiger partial charge on any atom is 0.191 e. The highest BCUT2D eigenvalue weighted by molar-refractivity contribution is 8.03. The first-order valence-corrected chi connectivity index (χ1v) is 11.9. The van der Waals surface area contributed by atoms with Crippen molar-refractivity contribution >= 4 is 63.8 Å². The fourth-order valence-corrected chi connectivity index (χ4v) is 5.82. The van der Waals surface area contributed by atoms with Crippen molar-refractivity contribution in [2.24, 2.45) is 5.92 Å². The minimum absolute atomic E-state index is 0.00506. The molecule has 2 aliphatic heterocycles. The van der Waals surface area contributed by atoms with Crippen LogP contribution in [0.2, 0.25) is 15.1 Å². The molecule has 2 aliphatic rings. The van der Waals surface area contributed by atoms with E-state index < -0.39 is 0 Å². The third-order valence-electron chi connectivity index (χ3n) is 5.66. The molecule has 3 aromatic rings. The van der Waals surface area contributed by atoms with Crippen molar-refractivity contribution in [3.8, 4) is 0 Å². The molecular weight excluding hydrogens is 485 g/mol. The van der Waals surface area contributed by atoms with Crippen LogP contribution in [0.1, 0.15) is 27.1 Å². The van der Waals surface area contributed by atoms with E-state index in [1.165, 1.54) is 11.8 Å². The molecule has 0 N–H and O–H groups in total. The summed E-state index contributed by atoms with van der Waals surface area (Å²) in [4.78, 5) is 29.9. The van der Waals surface area contributed by atoms with Gasteiger partial charge in [0.2, 0.25) is 0 Å². The summed E-state index contributed by atoms with van der Waals surface area (Å²) in [6, 6.07) is 19.4. The summed E-state index contributed by atoms with van der Waals surface area (Å²) in [5.74, 6) is -0.468. The molecule has 0 saturated carbocycles. The summed E-state index contributed by atoms with van der Waals surface area (Å²) in [6.07, 6.45) is 0.365. The Kier molecular flexibility index (Phi) is 5.81. The Morgan fingerprint density at radius 3 is 2.06 bits per heavy atom. The fourth-order valence-electron chi connectivity index (χ4n) is 4.08. The van der Waals surface area contributed by atoms with E-state index in [4.69, 9.17) is 34.8 Å². The summed E-state index contributed by atoms with van der Waals surface area (Å²) in [6.45, 7) is 0.496. The number of halogens is 3. The molecule has 1 unspecified atom stereocenters. The predicted molar refractivity (Wildman–Crippen MR) is 131 cm³/mol. The molecule has 0 aliphatic carbocycles. The van der Waals surface area contributed by atoms with Crippen LogP contribution in [0, 0.1) is 5.92 Å². The standard InChI is InChI=1S/C25H16Cl3NO2S/c26-17-5-1-14(2-6-17)23(30)16-11-20(24(31)15-3-7-18(27)8-4-15)25-29(13-16)21-10-9-19(28)12-22(21)32-25/h1-10,12,16H,11,13H2. The first kappa shape index (κ1) is 21.6. The zero-order valence-corrected chi connectivity index (χ0v) is 19.7. The summed E-state index contributed by atoms with van der Waals surface area (Å²) in [5.41, 5.74) is 2.72. The minimum Gasteiger partial charge on any atom is -0.334 e. The Bertz CT molecular complexity index is 1270. The van der Waals surface area contributed by atoms with Crippen LogP contribution in [0.25, 0.3) is 0 Å². The van der Waals surface area contributed by atoms with Gasteiger partial charge in [-0.1, -0.05) is 46.6 Å². The van der Waals surface area contributed by atoms with E-state index in [1.807, 2.05) is 18.2 Å². The van der Waals surface area contributed by atoms with Crippen LogP contribution in [-0.2, 0) is 0 Å². The molecule has 160 valence electrons. The molecule has 0 radical (unpaired) electrons. The van der Waals surface area contributed by atoms with Gasteiger partial charge in [-0.05, 0) is 73.2 Å². The van der Waals surface area contributed by atoms with Gasteiger partial charge in [-0.25, -0.2) is 0 Å². The van der Waals surface area contributed by atoms with E-state index in [1.54, 1.807) is 48.5 Å². The number of nitrogens with zero attached hydrogens (tertiary/aromatic N) is 1. The molecule has 0 spiro atoms. The molecule has 0 amide bonds. The summed E-state index contributed by atoms with van der Waals surface area (Å²) in [5, 5.41) is 2.64. The maximum atomic E-state index is 13.5. The number of Topliss-reactive ketones (excluding diaryl/α,β-unsaturated/α-hetero) is 2. The summed E-state index contributed by atoms with van der Waals surface area (Å²) < 4.78 is 0. The number of fused-ring (bicyclic) bond motifs is 3. The lowest BCUT2D eigenvalue weighted by atomic mass is 9.85. The fraction of sp³-hybridized carbons (Fsp3) is 0.120. The van der Waals surface area contributed by atoms with Crippen LogP contribution in [0.3, 0.4) is 0 Å². The summed E-state index contributed by atoms with van der Waals surface area (Å²) in [7, 11) is 0. The molecule has 7 heteroatoms. The quantitative estimate of drug-likeness (QED) is 0.346. The second kappa shape index (κ2) is 8.60. The van der Waals surface area contributed by atoms with Crippen molar-refractivity contribution in [3.63, 3.8) is 0 Å². The third kappa shape index (κ3) is 3.97. The monoisotopic (exact) mass is 499 g/mol. The number of hydrogen-bond donors (Lipinski definition) is 0. The van der Waals surface area contributed by atoms with Crippen LogP contribution >= 0.6 is 46.6 Å². The van der Waals surface area contributed by atoms with Crippen molar-refractivity contribution in [2.75, 3.05) is 11.4 Å². The Morgan fingerprint density at radius 1 is 0.812 bits per heavy atom. The van der Waals surface area contributed by atoms with Gasteiger partial charge in [0.25, 0.3) is 0 Å². The number of ketones is 2. The van der Waals surface area contributed by atoms with Gasteiger partial charge in [-0.15, -0.1) is 0 Å². The van der Waals surface area contributed by atoms with Crippen molar-refractivity contribution in [1.29, 1.82) is 0 Å². The van der Waals surface area contributed by atoms with Gasteiger partial charge < -0.3 is 4.90 Å². The molecule has 3 nitrogen and oxygen atoms in total. The zero-order chi connectivity index (χ0) is 22.4. The lowest BCUT2D eigenvalue weighted by molar-refractivity contribution is 0.0915. The van der Waals surface area contributed by atoms with Crippen LogP contribution in [-0.4, -0.2) is 18.1 Å². The van der Waals surface area contributed by atoms with Crippen LogP contribution in [0.4, 0.5) is 5.69 Å². The number of carbonyl (C=O) groups is 2. The van der Waals surface area contributed by atoms with Gasteiger partial charge in [-0.2, -0.15) is 0 Å².